The van der Waals surface area contributed by atoms with Crippen LogP contribution in [0.2, 0.25) is 0 Å². The smallest absolute Gasteiger partial charge is 0.319 e. The second kappa shape index (κ2) is 11.1. The molecule has 9 rings (SSSR count). The number of amides is 1. The molecule has 1 spiro atoms. The maximum absolute atomic E-state index is 16.8. The molecular formula is C36H36F4N6O3. The maximum atomic E-state index is 16.8. The van der Waals surface area contributed by atoms with E-state index in [-0.39, 0.29) is 67.9 Å². The standard InChI is InChI=1S/C36H36F4N6O3/c37-25-4-1-19-11-22(47)12-23(28(19)30(25)39)29-26(38)13-24-32(31(29)40)42-34(43-33(24)46-14-20-2-3-21(15-46)41-20)49-18-35(7-8-35)16-45-10-9-36(17-45)6-5-27(48)44-36/h1,4,11-13,20-21,41,47H,2-3,5-10,14-18H2,(H,44,48). The van der Waals surface area contributed by atoms with Crippen molar-refractivity contribution in [2.45, 2.75) is 62.6 Å². The molecule has 1 saturated carbocycles. The first-order chi connectivity index (χ1) is 23.6. The number of phenolic OH excluding ortho intramolecular Hbond substituents is 1. The van der Waals surface area contributed by atoms with E-state index in [4.69, 9.17) is 9.72 Å². The minimum absolute atomic E-state index is 0.0462. The van der Waals surface area contributed by atoms with Crippen molar-refractivity contribution in [1.29, 1.82) is 0 Å². The molecule has 3 unspecified atom stereocenters. The number of hydrogen-bond donors (Lipinski definition) is 3. The van der Waals surface area contributed by atoms with Crippen LogP contribution in [0.5, 0.6) is 11.8 Å². The number of benzene rings is 3. The number of aromatic hydroxyl groups is 1. The van der Waals surface area contributed by atoms with Crippen molar-refractivity contribution in [1.82, 2.24) is 25.5 Å². The van der Waals surface area contributed by atoms with Gasteiger partial charge in [-0.25, -0.2) is 17.6 Å². The van der Waals surface area contributed by atoms with Gasteiger partial charge >= 0.3 is 6.01 Å². The summed E-state index contributed by atoms with van der Waals surface area (Å²) < 4.78 is 68.8. The molecule has 4 aromatic rings. The Morgan fingerprint density at radius 1 is 0.959 bits per heavy atom. The molecule has 1 aliphatic carbocycles. The topological polar surface area (TPSA) is 103 Å². The number of anilines is 1. The number of carbonyl (C=O) groups excluding carboxylic acids is 1. The van der Waals surface area contributed by atoms with Crippen molar-refractivity contribution in [3.63, 3.8) is 0 Å². The summed E-state index contributed by atoms with van der Waals surface area (Å²) in [4.78, 5) is 25.5. The first-order valence-electron chi connectivity index (χ1n) is 17.1. The number of rotatable bonds is 7. The molecule has 1 amide bonds. The normalized spacial score (nSPS) is 26.0. The molecule has 49 heavy (non-hydrogen) atoms. The number of likely N-dealkylation sites (tertiary alicyclic amines) is 1. The molecule has 256 valence electrons. The van der Waals surface area contributed by atoms with Crippen LogP contribution >= 0.6 is 0 Å². The van der Waals surface area contributed by atoms with Gasteiger partial charge in [0.15, 0.2) is 17.5 Å². The Morgan fingerprint density at radius 3 is 2.49 bits per heavy atom. The van der Waals surface area contributed by atoms with Crippen molar-refractivity contribution in [2.75, 3.05) is 44.2 Å². The summed E-state index contributed by atoms with van der Waals surface area (Å²) in [6.45, 7) is 3.96. The van der Waals surface area contributed by atoms with Crippen molar-refractivity contribution < 1.29 is 32.2 Å². The Bertz CT molecular complexity index is 2030. The average Bonchev–Trinajstić information content (AvgIpc) is 3.37. The van der Waals surface area contributed by atoms with Gasteiger partial charge in [0.25, 0.3) is 0 Å². The van der Waals surface area contributed by atoms with E-state index in [9.17, 15) is 14.3 Å². The van der Waals surface area contributed by atoms with E-state index in [0.717, 1.165) is 76.4 Å². The van der Waals surface area contributed by atoms with Gasteiger partial charge < -0.3 is 30.3 Å². The summed E-state index contributed by atoms with van der Waals surface area (Å²) in [5.74, 6) is -4.45. The zero-order chi connectivity index (χ0) is 33.7. The number of phenols is 1. The molecule has 3 N–H and O–H groups in total. The largest absolute Gasteiger partial charge is 0.508 e. The minimum Gasteiger partial charge on any atom is -0.508 e. The highest BCUT2D eigenvalue weighted by molar-refractivity contribution is 6.02. The van der Waals surface area contributed by atoms with Gasteiger partial charge in [0.05, 0.1) is 17.7 Å². The zero-order valence-corrected chi connectivity index (χ0v) is 26.8. The molecule has 3 aromatic carbocycles. The van der Waals surface area contributed by atoms with Gasteiger partial charge in [-0.3, -0.25) is 4.79 Å². The fraction of sp³-hybridized carbons (Fsp3) is 0.472. The molecule has 5 heterocycles. The minimum atomic E-state index is -1.27. The van der Waals surface area contributed by atoms with E-state index in [1.54, 1.807) is 0 Å². The van der Waals surface area contributed by atoms with Crippen molar-refractivity contribution >= 4 is 33.4 Å². The maximum Gasteiger partial charge on any atom is 0.319 e. The second-order valence-corrected chi connectivity index (χ2v) is 14.8. The molecular weight excluding hydrogens is 640 g/mol. The van der Waals surface area contributed by atoms with Gasteiger partial charge in [0.1, 0.15) is 22.9 Å². The lowest BCUT2D eigenvalue weighted by Crippen LogP contribution is -2.51. The van der Waals surface area contributed by atoms with Gasteiger partial charge in [0, 0.05) is 73.0 Å². The number of nitrogens with one attached hydrogen (secondary N) is 2. The molecule has 13 heteroatoms. The number of fused-ring (bicyclic) bond motifs is 4. The summed E-state index contributed by atoms with van der Waals surface area (Å²) in [6.07, 6.45) is 6.19. The Morgan fingerprint density at radius 2 is 1.76 bits per heavy atom. The Labute approximate surface area is 279 Å². The van der Waals surface area contributed by atoms with E-state index in [1.807, 2.05) is 4.90 Å². The number of aromatic nitrogens is 2. The Kier molecular flexibility index (Phi) is 7.00. The lowest BCUT2D eigenvalue weighted by molar-refractivity contribution is -0.119. The Balaban J connectivity index is 1.09. The third kappa shape index (κ3) is 5.32. The van der Waals surface area contributed by atoms with E-state index in [1.165, 1.54) is 12.1 Å². The highest BCUT2D eigenvalue weighted by Crippen LogP contribution is 2.48. The summed E-state index contributed by atoms with van der Waals surface area (Å²) in [5, 5.41) is 17.0. The van der Waals surface area contributed by atoms with Crippen LogP contribution in [-0.4, -0.2) is 82.8 Å². The molecule has 5 aliphatic rings. The van der Waals surface area contributed by atoms with Crippen LogP contribution in [0.25, 0.3) is 32.8 Å². The first kappa shape index (κ1) is 30.8. The molecule has 2 bridgehead atoms. The van der Waals surface area contributed by atoms with E-state index in [2.05, 4.69) is 20.5 Å². The molecule has 0 radical (unpaired) electrons. The Hall–Kier alpha value is -4.23. The number of piperazine rings is 1. The van der Waals surface area contributed by atoms with E-state index >= 15 is 13.2 Å². The van der Waals surface area contributed by atoms with Crippen LogP contribution in [0, 0.1) is 28.7 Å². The fourth-order valence-corrected chi connectivity index (χ4v) is 8.65. The lowest BCUT2D eigenvalue weighted by Gasteiger charge is -2.34. The predicted molar refractivity (Wildman–Crippen MR) is 174 cm³/mol. The number of carbonyl (C=O) groups is 1. The average molecular weight is 677 g/mol. The molecule has 1 aromatic heterocycles. The number of ether oxygens (including phenoxy) is 1. The van der Waals surface area contributed by atoms with Crippen LogP contribution in [0.4, 0.5) is 23.4 Å². The predicted octanol–water partition coefficient (Wildman–Crippen LogP) is 5.17. The zero-order valence-electron chi connectivity index (χ0n) is 26.8. The van der Waals surface area contributed by atoms with Gasteiger partial charge in [-0.05, 0) is 68.2 Å². The molecule has 4 aliphatic heterocycles. The monoisotopic (exact) mass is 676 g/mol. The highest BCUT2D eigenvalue weighted by atomic mass is 19.2. The van der Waals surface area contributed by atoms with Gasteiger partial charge in [-0.2, -0.15) is 9.97 Å². The van der Waals surface area contributed by atoms with Crippen LogP contribution < -0.4 is 20.3 Å². The number of hydrogen-bond acceptors (Lipinski definition) is 8. The number of nitrogens with zero attached hydrogens (tertiary/aromatic N) is 4. The summed E-state index contributed by atoms with van der Waals surface area (Å²) >= 11 is 0. The van der Waals surface area contributed by atoms with Gasteiger partial charge in [-0.15, -0.1) is 0 Å². The van der Waals surface area contributed by atoms with Crippen molar-refractivity contribution in [3.05, 3.63) is 53.6 Å². The second-order valence-electron chi connectivity index (χ2n) is 14.8. The summed E-state index contributed by atoms with van der Waals surface area (Å²) in [6, 6.07) is 5.90. The highest BCUT2D eigenvalue weighted by Gasteiger charge is 2.49. The molecule has 9 nitrogen and oxygen atoms in total. The summed E-state index contributed by atoms with van der Waals surface area (Å²) in [7, 11) is 0. The summed E-state index contributed by atoms with van der Waals surface area (Å²) in [5.41, 5.74) is -1.44. The molecule has 4 saturated heterocycles. The third-order valence-electron chi connectivity index (χ3n) is 11.3. The van der Waals surface area contributed by atoms with Gasteiger partial charge in [-0.1, -0.05) is 6.07 Å². The molecule has 3 atom stereocenters. The molecule has 5 fully saturated rings. The van der Waals surface area contributed by atoms with Crippen molar-refractivity contribution in [3.8, 4) is 22.9 Å². The number of halogens is 4. The van der Waals surface area contributed by atoms with Crippen LogP contribution in [0.1, 0.15) is 44.9 Å². The SMILES string of the molecule is O=C1CCC2(CCN(CC3(COc4nc(N5CC6CCC(C5)N6)c5cc(F)c(-c6cc(O)cc7ccc(F)c(F)c67)c(F)c5n4)CC3)C2)N1. The first-order valence-corrected chi connectivity index (χ1v) is 17.1. The van der Waals surface area contributed by atoms with Crippen LogP contribution in [0.3, 0.4) is 0 Å². The van der Waals surface area contributed by atoms with E-state index in [0.29, 0.717) is 31.9 Å². The van der Waals surface area contributed by atoms with Crippen LogP contribution in [0.15, 0.2) is 30.3 Å². The fourth-order valence-electron chi connectivity index (χ4n) is 8.65. The third-order valence-corrected chi connectivity index (χ3v) is 11.3. The van der Waals surface area contributed by atoms with Crippen molar-refractivity contribution in [2.24, 2.45) is 5.41 Å². The van der Waals surface area contributed by atoms with Gasteiger partial charge in [0.2, 0.25) is 5.91 Å². The van der Waals surface area contributed by atoms with E-state index < -0.39 is 28.8 Å². The van der Waals surface area contributed by atoms with Crippen LogP contribution in [-0.2, 0) is 4.79 Å². The quantitative estimate of drug-likeness (QED) is 0.231. The lowest BCUT2D eigenvalue weighted by atomic mass is 9.95.